The molecule has 0 atom stereocenters. The molecule has 2 saturated heterocycles. The highest BCUT2D eigenvalue weighted by Gasteiger charge is 2.31. The molecule has 11 nitrogen and oxygen atoms in total. The number of nitrogens with one attached hydrogen (secondary N) is 1. The van der Waals surface area contributed by atoms with Gasteiger partial charge in [-0.3, -0.25) is 19.4 Å². The van der Waals surface area contributed by atoms with Crippen LogP contribution in [-0.2, 0) is 19.6 Å². The third kappa shape index (κ3) is 6.43. The van der Waals surface area contributed by atoms with Gasteiger partial charge in [-0.1, -0.05) is 0 Å². The van der Waals surface area contributed by atoms with E-state index < -0.39 is 10.0 Å². The maximum atomic E-state index is 13.1. The molecule has 0 aliphatic carbocycles. The molecule has 3 aliphatic heterocycles. The molecule has 1 aromatic rings. The summed E-state index contributed by atoms with van der Waals surface area (Å²) in [5, 5.41) is 2.89. The van der Waals surface area contributed by atoms with Gasteiger partial charge in [0, 0.05) is 64.5 Å². The Bertz CT molecular complexity index is 1020. The Labute approximate surface area is 207 Å². The fourth-order valence-electron chi connectivity index (χ4n) is 4.48. The Balaban J connectivity index is 1.23. The molecule has 0 saturated carbocycles. The summed E-state index contributed by atoms with van der Waals surface area (Å²) >= 11 is 0. The van der Waals surface area contributed by atoms with Crippen LogP contribution in [0.25, 0.3) is 0 Å². The fraction of sp³-hybridized carbons (Fsp3) is 0.652. The summed E-state index contributed by atoms with van der Waals surface area (Å²) in [7, 11) is -3.65. The van der Waals surface area contributed by atoms with Crippen LogP contribution in [0.1, 0.15) is 13.8 Å². The van der Waals surface area contributed by atoms with E-state index in [-0.39, 0.29) is 29.3 Å². The lowest BCUT2D eigenvalue weighted by molar-refractivity contribution is -0.134. The van der Waals surface area contributed by atoms with Gasteiger partial charge in [-0.25, -0.2) is 8.42 Å². The van der Waals surface area contributed by atoms with E-state index in [1.807, 2.05) is 23.6 Å². The average molecular weight is 510 g/mol. The van der Waals surface area contributed by atoms with Gasteiger partial charge in [-0.15, -0.1) is 0 Å². The van der Waals surface area contributed by atoms with Gasteiger partial charge in [0.15, 0.2) is 11.5 Å². The number of benzene rings is 1. The van der Waals surface area contributed by atoms with Crippen molar-refractivity contribution in [2.45, 2.75) is 24.8 Å². The Kier molecular flexibility index (Phi) is 8.15. The van der Waals surface area contributed by atoms with E-state index in [9.17, 15) is 18.0 Å². The number of sulfonamides is 1. The molecule has 3 aliphatic rings. The van der Waals surface area contributed by atoms with Crippen molar-refractivity contribution in [1.29, 1.82) is 0 Å². The molecule has 0 unspecified atom stereocenters. The van der Waals surface area contributed by atoms with E-state index in [1.54, 1.807) is 12.1 Å². The highest BCUT2D eigenvalue weighted by Crippen LogP contribution is 2.33. The average Bonchev–Trinajstić information content (AvgIpc) is 2.84. The molecule has 0 spiro atoms. The molecule has 2 amide bonds. The molecule has 0 aromatic heterocycles. The van der Waals surface area contributed by atoms with Gasteiger partial charge in [0.2, 0.25) is 21.8 Å². The van der Waals surface area contributed by atoms with Gasteiger partial charge in [0.1, 0.15) is 13.2 Å². The molecular formula is C23H35N5O6S. The highest BCUT2D eigenvalue weighted by molar-refractivity contribution is 7.89. The number of amides is 2. The Morgan fingerprint density at radius 1 is 0.886 bits per heavy atom. The van der Waals surface area contributed by atoms with Crippen LogP contribution in [0.5, 0.6) is 11.5 Å². The van der Waals surface area contributed by atoms with E-state index in [4.69, 9.17) is 9.47 Å². The first-order chi connectivity index (χ1) is 16.7. The first kappa shape index (κ1) is 25.7. The van der Waals surface area contributed by atoms with Crippen molar-refractivity contribution in [3.8, 4) is 11.5 Å². The summed E-state index contributed by atoms with van der Waals surface area (Å²) < 4.78 is 38.7. The number of hydrogen-bond donors (Lipinski definition) is 1. The fourth-order valence-corrected chi connectivity index (χ4v) is 5.92. The van der Waals surface area contributed by atoms with Crippen LogP contribution in [0.4, 0.5) is 0 Å². The lowest BCUT2D eigenvalue weighted by Gasteiger charge is -2.37. The number of rotatable bonds is 7. The van der Waals surface area contributed by atoms with Crippen LogP contribution in [-0.4, -0.2) is 124 Å². The van der Waals surface area contributed by atoms with Crippen molar-refractivity contribution < 1.29 is 27.5 Å². The SMILES string of the molecule is CC(C)NC(=O)CN1CCN(C(=O)CN2CCN(S(=O)(=O)c3ccc4c(c3)OCCO4)CC2)CC1. The number of carbonyl (C=O) groups is 2. The molecule has 12 heteroatoms. The summed E-state index contributed by atoms with van der Waals surface area (Å²) in [5.74, 6) is 1.05. The number of carbonyl (C=O) groups excluding carboxylic acids is 2. The Morgan fingerprint density at radius 3 is 2.14 bits per heavy atom. The molecule has 2 fully saturated rings. The Hall–Kier alpha value is -2.41. The summed E-state index contributed by atoms with van der Waals surface area (Å²) in [6.07, 6.45) is 0. The van der Waals surface area contributed by atoms with Gasteiger partial charge < -0.3 is 19.7 Å². The second kappa shape index (κ2) is 11.1. The number of piperazine rings is 2. The Morgan fingerprint density at radius 2 is 1.49 bits per heavy atom. The van der Waals surface area contributed by atoms with Crippen LogP contribution in [0.15, 0.2) is 23.1 Å². The molecule has 3 heterocycles. The zero-order chi connectivity index (χ0) is 25.0. The smallest absolute Gasteiger partial charge is 0.243 e. The van der Waals surface area contributed by atoms with Crippen LogP contribution < -0.4 is 14.8 Å². The van der Waals surface area contributed by atoms with Crippen LogP contribution in [0.2, 0.25) is 0 Å². The molecule has 0 bridgehead atoms. The minimum atomic E-state index is -3.65. The zero-order valence-electron chi connectivity index (χ0n) is 20.4. The minimum absolute atomic E-state index is 0.00356. The number of hydrogen-bond acceptors (Lipinski definition) is 8. The topological polar surface area (TPSA) is 112 Å². The van der Waals surface area contributed by atoms with Crippen molar-refractivity contribution in [3.63, 3.8) is 0 Å². The first-order valence-electron chi connectivity index (χ1n) is 12.1. The third-order valence-electron chi connectivity index (χ3n) is 6.38. The van der Waals surface area contributed by atoms with Crippen LogP contribution >= 0.6 is 0 Å². The molecule has 1 N–H and O–H groups in total. The predicted octanol–water partition coefficient (Wildman–Crippen LogP) is -0.567. The van der Waals surface area contributed by atoms with Gasteiger partial charge in [-0.05, 0) is 26.0 Å². The molecule has 35 heavy (non-hydrogen) atoms. The number of nitrogens with zero attached hydrogens (tertiary/aromatic N) is 4. The zero-order valence-corrected chi connectivity index (χ0v) is 21.3. The van der Waals surface area contributed by atoms with E-state index in [0.29, 0.717) is 83.6 Å². The molecule has 194 valence electrons. The monoisotopic (exact) mass is 509 g/mol. The maximum absolute atomic E-state index is 13.1. The van der Waals surface area contributed by atoms with E-state index >= 15 is 0 Å². The van der Waals surface area contributed by atoms with Gasteiger partial charge in [0.25, 0.3) is 0 Å². The molecule has 1 aromatic carbocycles. The van der Waals surface area contributed by atoms with E-state index in [0.717, 1.165) is 0 Å². The standard InChI is InChI=1S/C23H35N5O6S/c1-18(2)24-22(29)16-25-5-9-27(10-6-25)23(30)17-26-7-11-28(12-8-26)35(31,32)19-3-4-20-21(15-19)34-14-13-33-20/h3-4,15,18H,5-14,16-17H2,1-2H3,(H,24,29). The van der Waals surface area contributed by atoms with Crippen molar-refractivity contribution in [3.05, 3.63) is 18.2 Å². The molecule has 0 radical (unpaired) electrons. The second-order valence-electron chi connectivity index (χ2n) is 9.36. The van der Waals surface area contributed by atoms with Crippen molar-refractivity contribution in [2.24, 2.45) is 0 Å². The van der Waals surface area contributed by atoms with E-state index in [2.05, 4.69) is 10.2 Å². The number of ether oxygens (including phenoxy) is 2. The first-order valence-corrected chi connectivity index (χ1v) is 13.6. The lowest BCUT2D eigenvalue weighted by Crippen LogP contribution is -2.55. The minimum Gasteiger partial charge on any atom is -0.486 e. The summed E-state index contributed by atoms with van der Waals surface area (Å²) in [6, 6.07) is 4.81. The third-order valence-corrected chi connectivity index (χ3v) is 8.28. The lowest BCUT2D eigenvalue weighted by atomic mass is 10.2. The quantitative estimate of drug-likeness (QED) is 0.521. The summed E-state index contributed by atoms with van der Waals surface area (Å²) in [5.41, 5.74) is 0. The second-order valence-corrected chi connectivity index (χ2v) is 11.3. The van der Waals surface area contributed by atoms with Crippen LogP contribution in [0.3, 0.4) is 0 Å². The summed E-state index contributed by atoms with van der Waals surface area (Å²) in [6.45, 7) is 9.46. The van der Waals surface area contributed by atoms with Crippen molar-refractivity contribution in [2.75, 3.05) is 78.7 Å². The highest BCUT2D eigenvalue weighted by atomic mass is 32.2. The van der Waals surface area contributed by atoms with Crippen LogP contribution in [0, 0.1) is 0 Å². The van der Waals surface area contributed by atoms with Gasteiger partial charge in [0.05, 0.1) is 18.0 Å². The summed E-state index contributed by atoms with van der Waals surface area (Å²) in [4.78, 5) is 30.8. The molecular weight excluding hydrogens is 474 g/mol. The van der Waals surface area contributed by atoms with Crippen molar-refractivity contribution >= 4 is 21.8 Å². The predicted molar refractivity (Wildman–Crippen MR) is 129 cm³/mol. The largest absolute Gasteiger partial charge is 0.486 e. The van der Waals surface area contributed by atoms with Gasteiger partial charge in [-0.2, -0.15) is 4.31 Å². The van der Waals surface area contributed by atoms with Gasteiger partial charge >= 0.3 is 0 Å². The normalized spacial score (nSPS) is 20.1. The van der Waals surface area contributed by atoms with E-state index in [1.165, 1.54) is 10.4 Å². The number of fused-ring (bicyclic) bond motifs is 1. The maximum Gasteiger partial charge on any atom is 0.243 e. The van der Waals surface area contributed by atoms with Crippen molar-refractivity contribution in [1.82, 2.24) is 24.3 Å². The molecule has 4 rings (SSSR count).